The zero-order chi connectivity index (χ0) is 16.3. The van der Waals surface area contributed by atoms with E-state index >= 15 is 0 Å². The minimum absolute atomic E-state index is 0.0448. The van der Waals surface area contributed by atoms with Gasteiger partial charge in [-0.1, -0.05) is 0 Å². The van der Waals surface area contributed by atoms with Crippen molar-refractivity contribution in [3.8, 4) is 0 Å². The average molecular weight is 323 g/mol. The maximum absolute atomic E-state index is 12.5. The molecule has 0 saturated carbocycles. The number of ether oxygens (including phenoxy) is 1. The third kappa shape index (κ3) is 3.53. The molecule has 0 aromatic carbocycles. The van der Waals surface area contributed by atoms with Crippen LogP contribution < -0.4 is 10.9 Å². The molecule has 2 rings (SSSR count). The van der Waals surface area contributed by atoms with E-state index in [1.807, 2.05) is 20.8 Å². The van der Waals surface area contributed by atoms with E-state index < -0.39 is 0 Å². The molecule has 1 atom stereocenters. The summed E-state index contributed by atoms with van der Waals surface area (Å²) in [5.41, 5.74) is 0.898. The Kier molecular flexibility index (Phi) is 5.31. The third-order valence-corrected chi connectivity index (χ3v) is 4.67. The van der Waals surface area contributed by atoms with Crippen LogP contribution in [0, 0.1) is 13.8 Å². The lowest BCUT2D eigenvalue weighted by Gasteiger charge is -2.13. The number of fused-ring (bicyclic) bond motifs is 1. The van der Waals surface area contributed by atoms with E-state index in [2.05, 4.69) is 10.3 Å². The fraction of sp³-hybridized carbons (Fsp3) is 0.533. The minimum Gasteiger partial charge on any atom is -0.383 e. The van der Waals surface area contributed by atoms with Gasteiger partial charge in [0.05, 0.1) is 18.3 Å². The second-order valence-corrected chi connectivity index (χ2v) is 6.58. The van der Waals surface area contributed by atoms with E-state index in [4.69, 9.17) is 4.74 Å². The van der Waals surface area contributed by atoms with E-state index in [9.17, 15) is 9.59 Å². The predicted molar refractivity (Wildman–Crippen MR) is 87.5 cm³/mol. The van der Waals surface area contributed by atoms with Crippen molar-refractivity contribution in [2.75, 3.05) is 13.7 Å². The number of hydrogen-bond acceptors (Lipinski definition) is 5. The first kappa shape index (κ1) is 16.6. The summed E-state index contributed by atoms with van der Waals surface area (Å²) in [5.74, 6) is -0.102. The fourth-order valence-corrected chi connectivity index (χ4v) is 3.28. The molecule has 2 aromatic rings. The maximum Gasteiger partial charge on any atom is 0.262 e. The Labute approximate surface area is 133 Å². The lowest BCUT2D eigenvalue weighted by molar-refractivity contribution is -0.122. The molecule has 0 unspecified atom stereocenters. The van der Waals surface area contributed by atoms with Crippen molar-refractivity contribution in [3.63, 3.8) is 0 Å². The van der Waals surface area contributed by atoms with Crippen LogP contribution in [0.2, 0.25) is 0 Å². The number of carbonyl (C=O) groups is 1. The van der Waals surface area contributed by atoms with Crippen LogP contribution in [0.25, 0.3) is 10.2 Å². The standard InChI is InChI=1S/C15H21N3O3S/c1-9(7-21-4)17-12(19)5-6-18-8-16-14-13(15(18)20)10(2)11(3)22-14/h8-9H,5-7H2,1-4H3,(H,17,19)/t9-/m1/s1. The lowest BCUT2D eigenvalue weighted by atomic mass is 10.2. The van der Waals surface area contributed by atoms with Gasteiger partial charge < -0.3 is 10.1 Å². The SMILES string of the molecule is COC[C@@H](C)NC(=O)CCn1cnc2sc(C)c(C)c2c1=O. The normalized spacial score (nSPS) is 12.5. The Morgan fingerprint density at radius 2 is 2.23 bits per heavy atom. The van der Waals surface area contributed by atoms with Gasteiger partial charge in [-0.25, -0.2) is 4.98 Å². The summed E-state index contributed by atoms with van der Waals surface area (Å²) in [6, 6.07) is -0.0448. The van der Waals surface area contributed by atoms with Gasteiger partial charge >= 0.3 is 0 Å². The predicted octanol–water partition coefficient (Wildman–Crippen LogP) is 1.62. The molecule has 0 aliphatic rings. The van der Waals surface area contributed by atoms with Crippen molar-refractivity contribution in [3.05, 3.63) is 27.1 Å². The average Bonchev–Trinajstić information content (AvgIpc) is 2.74. The number of rotatable bonds is 6. The number of hydrogen-bond donors (Lipinski definition) is 1. The van der Waals surface area contributed by atoms with Crippen LogP contribution in [-0.2, 0) is 16.1 Å². The second kappa shape index (κ2) is 7.02. The molecule has 1 N–H and O–H groups in total. The number of nitrogens with zero attached hydrogens (tertiary/aromatic N) is 2. The van der Waals surface area contributed by atoms with E-state index in [0.29, 0.717) is 18.5 Å². The van der Waals surface area contributed by atoms with Crippen LogP contribution in [0.3, 0.4) is 0 Å². The number of thiophene rings is 1. The molecule has 0 spiro atoms. The smallest absolute Gasteiger partial charge is 0.262 e. The molecule has 22 heavy (non-hydrogen) atoms. The number of amides is 1. The molecule has 2 aromatic heterocycles. The monoisotopic (exact) mass is 323 g/mol. The highest BCUT2D eigenvalue weighted by Crippen LogP contribution is 2.25. The Hall–Kier alpha value is -1.73. The van der Waals surface area contributed by atoms with Crippen molar-refractivity contribution in [1.29, 1.82) is 0 Å². The molecule has 6 nitrogen and oxygen atoms in total. The van der Waals surface area contributed by atoms with Crippen molar-refractivity contribution in [2.24, 2.45) is 0 Å². The number of aromatic nitrogens is 2. The maximum atomic E-state index is 12.5. The Bertz CT molecular complexity index is 735. The molecule has 7 heteroatoms. The van der Waals surface area contributed by atoms with Crippen molar-refractivity contribution in [2.45, 2.75) is 39.8 Å². The number of methoxy groups -OCH3 is 1. The zero-order valence-corrected chi connectivity index (χ0v) is 14.1. The molecule has 0 fully saturated rings. The topological polar surface area (TPSA) is 73.2 Å². The molecular formula is C15H21N3O3S. The van der Waals surface area contributed by atoms with Crippen molar-refractivity contribution in [1.82, 2.24) is 14.9 Å². The summed E-state index contributed by atoms with van der Waals surface area (Å²) >= 11 is 1.52. The number of aryl methyl sites for hydroxylation is 3. The first-order chi connectivity index (χ1) is 10.4. The highest BCUT2D eigenvalue weighted by molar-refractivity contribution is 7.18. The van der Waals surface area contributed by atoms with Gasteiger partial charge in [-0.05, 0) is 26.3 Å². The third-order valence-electron chi connectivity index (χ3n) is 3.56. The fourth-order valence-electron chi connectivity index (χ4n) is 2.29. The molecule has 0 bridgehead atoms. The molecule has 0 aliphatic heterocycles. The van der Waals surface area contributed by atoms with Gasteiger partial charge in [0.1, 0.15) is 4.83 Å². The summed E-state index contributed by atoms with van der Waals surface area (Å²) in [4.78, 5) is 30.5. The molecular weight excluding hydrogens is 302 g/mol. The summed E-state index contributed by atoms with van der Waals surface area (Å²) in [6.07, 6.45) is 1.76. The van der Waals surface area contributed by atoms with E-state index in [-0.39, 0.29) is 23.9 Å². The number of carbonyl (C=O) groups excluding carboxylic acids is 1. The summed E-state index contributed by atoms with van der Waals surface area (Å²) in [5, 5.41) is 3.49. The van der Waals surface area contributed by atoms with Gasteiger partial charge in [0.2, 0.25) is 5.91 Å². The van der Waals surface area contributed by atoms with E-state index in [1.165, 1.54) is 22.2 Å². The van der Waals surface area contributed by atoms with Gasteiger partial charge in [-0.2, -0.15) is 0 Å². The van der Waals surface area contributed by atoms with Crippen molar-refractivity contribution >= 4 is 27.5 Å². The van der Waals surface area contributed by atoms with Crippen LogP contribution in [0.15, 0.2) is 11.1 Å². The Balaban J connectivity index is 2.09. The first-order valence-electron chi connectivity index (χ1n) is 7.17. The molecule has 2 heterocycles. The molecule has 0 saturated heterocycles. The molecule has 120 valence electrons. The summed E-state index contributed by atoms with van der Waals surface area (Å²) in [7, 11) is 1.59. The van der Waals surface area contributed by atoms with Crippen LogP contribution in [0.5, 0.6) is 0 Å². The van der Waals surface area contributed by atoms with E-state index in [0.717, 1.165) is 15.3 Å². The van der Waals surface area contributed by atoms with Crippen molar-refractivity contribution < 1.29 is 9.53 Å². The summed E-state index contributed by atoms with van der Waals surface area (Å²) in [6.45, 7) is 6.57. The molecule has 0 aliphatic carbocycles. The van der Waals surface area contributed by atoms with Crippen LogP contribution >= 0.6 is 11.3 Å². The van der Waals surface area contributed by atoms with Gasteiger partial charge in [0.25, 0.3) is 5.56 Å². The second-order valence-electron chi connectivity index (χ2n) is 5.38. The van der Waals surface area contributed by atoms with Crippen LogP contribution in [0.1, 0.15) is 23.8 Å². The Morgan fingerprint density at radius 1 is 1.50 bits per heavy atom. The lowest BCUT2D eigenvalue weighted by Crippen LogP contribution is -2.36. The Morgan fingerprint density at radius 3 is 2.91 bits per heavy atom. The van der Waals surface area contributed by atoms with Gasteiger partial charge in [0.15, 0.2) is 0 Å². The first-order valence-corrected chi connectivity index (χ1v) is 7.99. The van der Waals surface area contributed by atoms with Gasteiger partial charge in [-0.15, -0.1) is 11.3 Å². The van der Waals surface area contributed by atoms with Crippen LogP contribution in [0.4, 0.5) is 0 Å². The van der Waals surface area contributed by atoms with E-state index in [1.54, 1.807) is 7.11 Å². The van der Waals surface area contributed by atoms with Crippen LogP contribution in [-0.4, -0.2) is 35.2 Å². The van der Waals surface area contributed by atoms with Gasteiger partial charge in [-0.3, -0.25) is 14.2 Å². The minimum atomic E-state index is -0.102. The summed E-state index contributed by atoms with van der Waals surface area (Å²) < 4.78 is 6.47. The highest BCUT2D eigenvalue weighted by Gasteiger charge is 2.13. The molecule has 1 amide bonds. The number of nitrogens with one attached hydrogen (secondary N) is 1. The zero-order valence-electron chi connectivity index (χ0n) is 13.3. The highest BCUT2D eigenvalue weighted by atomic mass is 32.1. The molecule has 0 radical (unpaired) electrons. The quantitative estimate of drug-likeness (QED) is 0.876. The van der Waals surface area contributed by atoms with Gasteiger partial charge in [0, 0.05) is 31.0 Å². The largest absolute Gasteiger partial charge is 0.383 e.